The van der Waals surface area contributed by atoms with E-state index in [1.54, 1.807) is 0 Å². The number of ketones is 2. The van der Waals surface area contributed by atoms with Gasteiger partial charge in [0.15, 0.2) is 18.2 Å². The van der Waals surface area contributed by atoms with E-state index in [4.69, 9.17) is 9.47 Å². The van der Waals surface area contributed by atoms with Crippen LogP contribution in [0.2, 0.25) is 0 Å². The maximum atomic E-state index is 13.7. The van der Waals surface area contributed by atoms with Gasteiger partial charge in [0.25, 0.3) is 0 Å². The molecule has 37 heavy (non-hydrogen) atoms. The zero-order chi connectivity index (χ0) is 26.9. The van der Waals surface area contributed by atoms with Gasteiger partial charge in [-0.15, -0.1) is 0 Å². The van der Waals surface area contributed by atoms with Crippen LogP contribution in [0.1, 0.15) is 65.2 Å². The summed E-state index contributed by atoms with van der Waals surface area (Å²) in [4.78, 5) is 38.5. The van der Waals surface area contributed by atoms with E-state index in [0.717, 1.165) is 38.5 Å². The highest BCUT2D eigenvalue weighted by atomic mass is 16.7. The molecule has 5 fully saturated rings. The maximum absolute atomic E-state index is 13.7. The second-order valence-electron chi connectivity index (χ2n) is 12.7. The zero-order valence-corrected chi connectivity index (χ0v) is 21.5. The van der Waals surface area contributed by atoms with Crippen molar-refractivity contribution in [2.24, 2.45) is 40.4 Å². The molecule has 1 aliphatic heterocycles. The average molecular weight is 525 g/mol. The first-order chi connectivity index (χ1) is 17.4. The smallest absolute Gasteiger partial charge is 0.335 e. The minimum Gasteiger partial charge on any atom is -0.479 e. The second-order valence-corrected chi connectivity index (χ2v) is 12.7. The number of carboxylic acids is 1. The van der Waals surface area contributed by atoms with E-state index in [1.807, 2.05) is 6.92 Å². The topological polar surface area (TPSA) is 171 Å². The maximum Gasteiger partial charge on any atom is 0.335 e. The van der Waals surface area contributed by atoms with Crippen LogP contribution >= 0.6 is 0 Å². The number of carbonyl (C=O) groups excluding carboxylic acids is 2. The van der Waals surface area contributed by atoms with E-state index in [1.165, 1.54) is 0 Å². The largest absolute Gasteiger partial charge is 0.479 e. The van der Waals surface area contributed by atoms with Gasteiger partial charge in [-0.2, -0.15) is 0 Å². The Morgan fingerprint density at radius 2 is 1.70 bits per heavy atom. The number of aliphatic hydroxyl groups is 4. The number of hydrogen-bond acceptors (Lipinski definition) is 9. The molecule has 0 aromatic rings. The summed E-state index contributed by atoms with van der Waals surface area (Å²) in [5, 5.41) is 49.5. The molecule has 5 N–H and O–H groups in total. The van der Waals surface area contributed by atoms with Gasteiger partial charge in [-0.3, -0.25) is 9.59 Å². The van der Waals surface area contributed by atoms with Crippen LogP contribution in [-0.4, -0.2) is 86.5 Å². The van der Waals surface area contributed by atoms with Gasteiger partial charge in [0.1, 0.15) is 30.7 Å². The number of aliphatic carboxylic acids is 1. The van der Waals surface area contributed by atoms with Crippen LogP contribution in [0.4, 0.5) is 0 Å². The average Bonchev–Trinajstić information content (AvgIpc) is 3.18. The van der Waals surface area contributed by atoms with Gasteiger partial charge in [-0.25, -0.2) is 4.79 Å². The van der Waals surface area contributed by atoms with Crippen LogP contribution < -0.4 is 0 Å². The van der Waals surface area contributed by atoms with Gasteiger partial charge in [0.2, 0.25) is 0 Å². The molecule has 13 atom stereocenters. The quantitative estimate of drug-likeness (QED) is 0.344. The van der Waals surface area contributed by atoms with Crippen molar-refractivity contribution in [3.05, 3.63) is 0 Å². The second kappa shape index (κ2) is 9.64. The fourth-order valence-corrected chi connectivity index (χ4v) is 9.03. The molecular formula is C27H40O10. The van der Waals surface area contributed by atoms with Gasteiger partial charge in [0.05, 0.1) is 6.10 Å². The first kappa shape index (κ1) is 27.1. The summed E-state index contributed by atoms with van der Waals surface area (Å²) in [6.07, 6.45) is -2.93. The highest BCUT2D eigenvalue weighted by Gasteiger charge is 2.64. The molecule has 5 rings (SSSR count). The summed E-state index contributed by atoms with van der Waals surface area (Å²) in [7, 11) is 0. The molecule has 208 valence electrons. The summed E-state index contributed by atoms with van der Waals surface area (Å²) in [6, 6.07) is 0. The first-order valence-electron chi connectivity index (χ1n) is 13.7. The monoisotopic (exact) mass is 524 g/mol. The van der Waals surface area contributed by atoms with E-state index >= 15 is 0 Å². The third-order valence-electron chi connectivity index (χ3n) is 10.9. The lowest BCUT2D eigenvalue weighted by atomic mass is 9.44. The summed E-state index contributed by atoms with van der Waals surface area (Å²) in [5.74, 6) is -1.17. The van der Waals surface area contributed by atoms with Gasteiger partial charge in [-0.1, -0.05) is 13.8 Å². The van der Waals surface area contributed by atoms with E-state index in [9.17, 15) is 39.9 Å². The molecule has 0 amide bonds. The Bertz CT molecular complexity index is 938. The number of ether oxygens (including phenoxy) is 2. The predicted molar refractivity (Wildman–Crippen MR) is 127 cm³/mol. The molecule has 5 aliphatic rings. The normalized spacial score (nSPS) is 51.6. The van der Waals surface area contributed by atoms with E-state index in [0.29, 0.717) is 18.8 Å². The van der Waals surface area contributed by atoms with Crippen LogP contribution in [-0.2, 0) is 23.9 Å². The highest BCUT2D eigenvalue weighted by molar-refractivity contribution is 5.88. The van der Waals surface area contributed by atoms with Crippen molar-refractivity contribution in [3.8, 4) is 0 Å². The molecule has 0 aromatic carbocycles. The number of aliphatic hydroxyl groups excluding tert-OH is 4. The molecule has 2 unspecified atom stereocenters. The molecule has 1 saturated heterocycles. The summed E-state index contributed by atoms with van der Waals surface area (Å²) >= 11 is 0. The molecule has 0 aromatic heterocycles. The van der Waals surface area contributed by atoms with Crippen molar-refractivity contribution in [2.75, 3.05) is 6.61 Å². The van der Waals surface area contributed by atoms with Gasteiger partial charge >= 0.3 is 5.97 Å². The van der Waals surface area contributed by atoms with Crippen molar-refractivity contribution >= 4 is 17.5 Å². The fourth-order valence-electron chi connectivity index (χ4n) is 9.03. The van der Waals surface area contributed by atoms with Gasteiger partial charge in [0, 0.05) is 18.3 Å². The molecule has 1 heterocycles. The Kier molecular flexibility index (Phi) is 7.07. The lowest BCUT2D eigenvalue weighted by Gasteiger charge is -2.59. The summed E-state index contributed by atoms with van der Waals surface area (Å²) in [6.45, 7) is 3.81. The third kappa shape index (κ3) is 4.28. The molecule has 0 bridgehead atoms. The summed E-state index contributed by atoms with van der Waals surface area (Å²) < 4.78 is 10.6. The van der Waals surface area contributed by atoms with Crippen LogP contribution in [0.5, 0.6) is 0 Å². The van der Waals surface area contributed by atoms with Crippen LogP contribution in [0.25, 0.3) is 0 Å². The molecule has 4 aliphatic carbocycles. The zero-order valence-electron chi connectivity index (χ0n) is 21.5. The highest BCUT2D eigenvalue weighted by Crippen LogP contribution is 2.66. The standard InChI is InChI=1S/C27H40O10/c1-26-8-7-13(28)9-12(26)3-4-14-15-5-6-16(27(15,2)10-17(29)19(14)26)18(30)11-36-25-22(33)20(31)21(32)23(37-25)24(34)35/h12-16,19-23,25,28,31-33H,3-11H2,1-2H3,(H,34,35)/t12-,13-,14+,15+,16?,19-,20+,21+,22-,23+,25?,26+,27+/m1/s1. The predicted octanol–water partition coefficient (Wildman–Crippen LogP) is 0.663. The van der Waals surface area contributed by atoms with Gasteiger partial charge < -0.3 is 35.0 Å². The lowest BCUT2D eigenvalue weighted by molar-refractivity contribution is -0.292. The lowest BCUT2D eigenvalue weighted by Crippen LogP contribution is -2.60. The molecule has 0 radical (unpaired) electrons. The van der Waals surface area contributed by atoms with E-state index in [-0.39, 0.29) is 40.8 Å². The summed E-state index contributed by atoms with van der Waals surface area (Å²) in [5.41, 5.74) is -0.603. The molecule has 4 saturated carbocycles. The SMILES string of the molecule is C[C@]12CC[C@@H](O)C[C@H]1CC[C@@H]1[C@@H]2C(=O)C[C@]2(C)C(C(=O)COC3O[C@H](C(=O)O)[C@@H](O)[C@H](O)[C@H]3O)CC[C@@H]12. The molecule has 0 spiro atoms. The van der Waals surface area contributed by atoms with Crippen LogP contribution in [0.3, 0.4) is 0 Å². The number of carboxylic acid groups (broad SMARTS) is 1. The van der Waals surface area contributed by atoms with Gasteiger partial charge in [-0.05, 0) is 73.5 Å². The van der Waals surface area contributed by atoms with Crippen molar-refractivity contribution in [2.45, 2.75) is 102 Å². The first-order valence-corrected chi connectivity index (χ1v) is 13.7. The van der Waals surface area contributed by atoms with E-state index < -0.39 is 54.6 Å². The van der Waals surface area contributed by atoms with E-state index in [2.05, 4.69) is 6.92 Å². The van der Waals surface area contributed by atoms with Crippen LogP contribution in [0, 0.1) is 40.4 Å². The minimum atomic E-state index is -1.83. The number of Topliss-reactive ketones (excluding diaryl/α,β-unsaturated/α-hetero) is 2. The van der Waals surface area contributed by atoms with Crippen molar-refractivity contribution in [3.63, 3.8) is 0 Å². The molecular weight excluding hydrogens is 484 g/mol. The number of carbonyl (C=O) groups is 3. The van der Waals surface area contributed by atoms with Crippen molar-refractivity contribution in [1.82, 2.24) is 0 Å². The minimum absolute atomic E-state index is 0.0337. The number of fused-ring (bicyclic) bond motifs is 5. The van der Waals surface area contributed by atoms with Crippen molar-refractivity contribution < 1.29 is 49.4 Å². The van der Waals surface area contributed by atoms with Crippen molar-refractivity contribution in [1.29, 1.82) is 0 Å². The fraction of sp³-hybridized carbons (Fsp3) is 0.889. The van der Waals surface area contributed by atoms with Crippen LogP contribution in [0.15, 0.2) is 0 Å². The number of hydrogen-bond donors (Lipinski definition) is 5. The Morgan fingerprint density at radius 3 is 2.41 bits per heavy atom. The Hall–Kier alpha value is -1.43. The molecule has 10 nitrogen and oxygen atoms in total. The third-order valence-corrected chi connectivity index (χ3v) is 10.9. The number of rotatable bonds is 5. The Morgan fingerprint density at radius 1 is 0.973 bits per heavy atom. The Balaban J connectivity index is 1.28. The molecule has 10 heteroatoms. The Labute approximate surface area is 216 Å².